The van der Waals surface area contributed by atoms with Crippen LogP contribution in [0.4, 0.5) is 4.39 Å². The lowest BCUT2D eigenvalue weighted by Gasteiger charge is -2.07. The molecule has 0 aliphatic heterocycles. The van der Waals surface area contributed by atoms with Gasteiger partial charge in [0, 0.05) is 22.9 Å². The van der Waals surface area contributed by atoms with Gasteiger partial charge < -0.3 is 18.6 Å². The summed E-state index contributed by atoms with van der Waals surface area (Å²) in [5.41, 5.74) is 0.780. The molecule has 150 valence electrons. The Morgan fingerprint density at radius 2 is 1.76 bits per heavy atom. The van der Waals surface area contributed by atoms with E-state index in [-0.39, 0.29) is 29.3 Å². The fourth-order valence-corrected chi connectivity index (χ4v) is 2.98. The van der Waals surface area contributed by atoms with E-state index < -0.39 is 17.8 Å². The topological polar surface area (TPSA) is 75.0 Å². The predicted molar refractivity (Wildman–Crippen MR) is 106 cm³/mol. The van der Waals surface area contributed by atoms with E-state index in [2.05, 4.69) is 13.2 Å². The van der Waals surface area contributed by atoms with Crippen molar-refractivity contribution < 1.29 is 32.6 Å². The van der Waals surface area contributed by atoms with Crippen LogP contribution in [0, 0.1) is 5.82 Å². The molecule has 0 aliphatic rings. The van der Waals surface area contributed by atoms with E-state index in [4.69, 9.17) is 18.6 Å². The largest absolute Gasteiger partial charge is 0.490 e. The van der Waals surface area contributed by atoms with E-state index in [1.54, 1.807) is 24.3 Å². The highest BCUT2D eigenvalue weighted by Gasteiger charge is 2.20. The van der Waals surface area contributed by atoms with Crippen LogP contribution in [0.3, 0.4) is 0 Å². The Labute approximate surface area is 166 Å². The van der Waals surface area contributed by atoms with Crippen LogP contribution in [0.1, 0.15) is 12.0 Å². The first-order chi connectivity index (χ1) is 14.0. The van der Waals surface area contributed by atoms with E-state index in [0.29, 0.717) is 29.2 Å². The van der Waals surface area contributed by atoms with Crippen molar-refractivity contribution in [1.82, 2.24) is 0 Å². The average molecular weight is 398 g/mol. The number of methoxy groups -OCH3 is 1. The molecule has 3 rings (SSSR count). The quantitative estimate of drug-likeness (QED) is 0.241. The first kappa shape index (κ1) is 20.1. The van der Waals surface area contributed by atoms with Gasteiger partial charge in [0.25, 0.3) is 0 Å². The molecule has 6 nitrogen and oxygen atoms in total. The molecule has 0 N–H and O–H groups in total. The van der Waals surface area contributed by atoms with Crippen molar-refractivity contribution in [2.75, 3.05) is 13.7 Å². The number of halogens is 1. The summed E-state index contributed by atoms with van der Waals surface area (Å²) in [6.45, 7) is 6.83. The predicted octanol–water partition coefficient (Wildman–Crippen LogP) is 4.49. The van der Waals surface area contributed by atoms with Crippen molar-refractivity contribution in [2.45, 2.75) is 12.8 Å². The number of furan rings is 1. The maximum atomic E-state index is 15.0. The van der Waals surface area contributed by atoms with E-state index in [1.807, 2.05) is 0 Å². The third-order valence-corrected chi connectivity index (χ3v) is 4.33. The van der Waals surface area contributed by atoms with Gasteiger partial charge in [-0.25, -0.2) is 14.0 Å². The third-order valence-electron chi connectivity index (χ3n) is 4.33. The minimum atomic E-state index is -0.649. The van der Waals surface area contributed by atoms with Gasteiger partial charge in [-0.15, -0.1) is 0 Å². The van der Waals surface area contributed by atoms with E-state index in [0.717, 1.165) is 12.2 Å². The Morgan fingerprint density at radius 3 is 2.45 bits per heavy atom. The molecule has 0 atom stereocenters. The molecule has 0 radical (unpaired) electrons. The zero-order chi connectivity index (χ0) is 21.0. The lowest BCUT2D eigenvalue weighted by molar-refractivity contribution is -0.137. The molecule has 29 heavy (non-hydrogen) atoms. The van der Waals surface area contributed by atoms with Gasteiger partial charge in [0.1, 0.15) is 0 Å². The Bertz CT molecular complexity index is 1110. The van der Waals surface area contributed by atoms with Gasteiger partial charge in [0.2, 0.25) is 5.75 Å². The summed E-state index contributed by atoms with van der Waals surface area (Å²) in [5, 5.41) is 1.19. The molecule has 0 bridgehead atoms. The molecule has 0 saturated heterocycles. The van der Waals surface area contributed by atoms with Crippen LogP contribution in [0.25, 0.3) is 21.9 Å². The van der Waals surface area contributed by atoms with Crippen molar-refractivity contribution in [2.24, 2.45) is 0 Å². The highest BCUT2D eigenvalue weighted by Crippen LogP contribution is 2.41. The molecule has 0 fully saturated rings. The van der Waals surface area contributed by atoms with Crippen molar-refractivity contribution in [3.05, 3.63) is 61.0 Å². The molecule has 0 aliphatic carbocycles. The van der Waals surface area contributed by atoms with Crippen molar-refractivity contribution in [3.8, 4) is 11.5 Å². The maximum Gasteiger partial charge on any atom is 0.335 e. The number of benzene rings is 2. The SMILES string of the molecule is C=CC(=O)OCCCc1ccc2c(oc3c(OC)c(OC(=O)C=C)ccc32)c1F. The summed E-state index contributed by atoms with van der Waals surface area (Å²) in [7, 11) is 1.40. The molecule has 0 saturated carbocycles. The van der Waals surface area contributed by atoms with Crippen LogP contribution in [-0.4, -0.2) is 25.7 Å². The van der Waals surface area contributed by atoms with E-state index >= 15 is 4.39 Å². The summed E-state index contributed by atoms with van der Waals surface area (Å²) < 4.78 is 36.1. The zero-order valence-corrected chi connectivity index (χ0v) is 15.8. The van der Waals surface area contributed by atoms with Gasteiger partial charge in [0.05, 0.1) is 13.7 Å². The van der Waals surface area contributed by atoms with Gasteiger partial charge in [0.15, 0.2) is 22.7 Å². The molecule has 2 aromatic carbocycles. The van der Waals surface area contributed by atoms with Gasteiger partial charge in [-0.3, -0.25) is 0 Å². The second-order valence-electron chi connectivity index (χ2n) is 6.09. The molecule has 3 aromatic rings. The number of carbonyl (C=O) groups excluding carboxylic acids is 2. The lowest BCUT2D eigenvalue weighted by Crippen LogP contribution is -2.04. The Balaban J connectivity index is 1.96. The number of rotatable bonds is 8. The smallest absolute Gasteiger partial charge is 0.335 e. The highest BCUT2D eigenvalue weighted by atomic mass is 19.1. The Morgan fingerprint density at radius 1 is 1.07 bits per heavy atom. The monoisotopic (exact) mass is 398 g/mol. The molecule has 1 aromatic heterocycles. The van der Waals surface area contributed by atoms with Crippen molar-refractivity contribution in [1.29, 1.82) is 0 Å². The molecular weight excluding hydrogens is 379 g/mol. The van der Waals surface area contributed by atoms with Crippen LogP contribution in [0.15, 0.2) is 54.0 Å². The van der Waals surface area contributed by atoms with Crippen LogP contribution in [0.5, 0.6) is 11.5 Å². The first-order valence-electron chi connectivity index (χ1n) is 8.84. The number of fused-ring (bicyclic) bond motifs is 3. The number of esters is 2. The lowest BCUT2D eigenvalue weighted by atomic mass is 10.1. The van der Waals surface area contributed by atoms with Crippen LogP contribution in [-0.2, 0) is 20.7 Å². The van der Waals surface area contributed by atoms with Gasteiger partial charge in [-0.1, -0.05) is 19.2 Å². The Hall–Kier alpha value is -3.61. The molecular formula is C22H19FO6. The summed E-state index contributed by atoms with van der Waals surface area (Å²) in [6.07, 6.45) is 2.92. The number of hydrogen-bond acceptors (Lipinski definition) is 6. The third kappa shape index (κ3) is 3.99. The van der Waals surface area contributed by atoms with Gasteiger partial charge in [-0.05, 0) is 36.6 Å². The molecule has 7 heteroatoms. The standard InChI is InChI=1S/C22H19FO6/c1-4-17(24)27-12-6-7-13-8-9-14-15-10-11-16(28-18(25)5-2)22(26-3)21(15)29-20(14)19(13)23/h4-5,8-11H,1-2,6-7,12H2,3H3. The average Bonchev–Trinajstić information content (AvgIpc) is 3.11. The summed E-state index contributed by atoms with van der Waals surface area (Å²) in [4.78, 5) is 22.6. The molecule has 0 spiro atoms. The van der Waals surface area contributed by atoms with E-state index in [9.17, 15) is 9.59 Å². The fourth-order valence-electron chi connectivity index (χ4n) is 2.98. The van der Waals surface area contributed by atoms with Gasteiger partial charge in [-0.2, -0.15) is 0 Å². The summed E-state index contributed by atoms with van der Waals surface area (Å²) in [5.74, 6) is -1.33. The first-order valence-corrected chi connectivity index (χ1v) is 8.84. The van der Waals surface area contributed by atoms with Crippen molar-refractivity contribution >= 4 is 33.9 Å². The second kappa shape index (κ2) is 8.60. The normalized spacial score (nSPS) is 10.7. The highest BCUT2D eigenvalue weighted by molar-refractivity contribution is 6.08. The van der Waals surface area contributed by atoms with Crippen LogP contribution >= 0.6 is 0 Å². The fraction of sp³-hybridized carbons (Fsp3) is 0.182. The summed E-state index contributed by atoms with van der Waals surface area (Å²) >= 11 is 0. The molecule has 0 amide bonds. The minimum Gasteiger partial charge on any atom is -0.490 e. The minimum absolute atomic E-state index is 0.0751. The van der Waals surface area contributed by atoms with Crippen molar-refractivity contribution in [3.63, 3.8) is 0 Å². The second-order valence-corrected chi connectivity index (χ2v) is 6.09. The molecule has 0 unspecified atom stereocenters. The van der Waals surface area contributed by atoms with Crippen LogP contribution in [0.2, 0.25) is 0 Å². The van der Waals surface area contributed by atoms with Crippen LogP contribution < -0.4 is 9.47 Å². The van der Waals surface area contributed by atoms with E-state index in [1.165, 1.54) is 7.11 Å². The Kier molecular flexibility index (Phi) is 5.97. The number of aryl methyl sites for hydroxylation is 1. The summed E-state index contributed by atoms with van der Waals surface area (Å²) in [6, 6.07) is 6.64. The van der Waals surface area contributed by atoms with Gasteiger partial charge >= 0.3 is 11.9 Å². The zero-order valence-electron chi connectivity index (χ0n) is 15.8. The number of carbonyl (C=O) groups is 2. The number of hydrogen-bond donors (Lipinski definition) is 0. The molecule has 1 heterocycles. The maximum absolute atomic E-state index is 15.0. The number of ether oxygens (including phenoxy) is 3.